The molecule has 19 rings (SSSR count). The molecule has 4 heterocycles. The third-order valence-electron chi connectivity index (χ3n) is 19.4. The van der Waals surface area contributed by atoms with E-state index in [2.05, 4.69) is 305 Å². The molecule has 91 heavy (non-hydrogen) atoms. The van der Waals surface area contributed by atoms with Crippen LogP contribution in [-0.2, 0) is 12.8 Å². The zero-order valence-electron chi connectivity index (χ0n) is 49.9. The van der Waals surface area contributed by atoms with Gasteiger partial charge < -0.3 is 18.9 Å². The van der Waals surface area contributed by atoms with E-state index in [1.54, 1.807) is 0 Å². The molecule has 0 radical (unpaired) electrons. The zero-order valence-corrected chi connectivity index (χ0v) is 51.5. The van der Waals surface area contributed by atoms with Crippen molar-refractivity contribution >= 4 is 157 Å². The van der Waals surface area contributed by atoms with Crippen LogP contribution in [-0.4, -0.2) is 9.13 Å². The van der Waals surface area contributed by atoms with Gasteiger partial charge in [-0.3, -0.25) is 0 Å². The van der Waals surface area contributed by atoms with Gasteiger partial charge in [0.2, 0.25) is 0 Å². The van der Waals surface area contributed by atoms with E-state index < -0.39 is 0 Å². The van der Waals surface area contributed by atoms with Crippen molar-refractivity contribution in [3.63, 3.8) is 0 Å². The summed E-state index contributed by atoms with van der Waals surface area (Å²) in [4.78, 5) is 4.96. The van der Waals surface area contributed by atoms with Crippen molar-refractivity contribution < 1.29 is 0 Å². The molecule has 0 aliphatic heterocycles. The van der Waals surface area contributed by atoms with Gasteiger partial charge in [-0.15, -0.1) is 22.7 Å². The lowest BCUT2D eigenvalue weighted by Gasteiger charge is -2.26. The van der Waals surface area contributed by atoms with Crippen LogP contribution in [0.3, 0.4) is 0 Å². The maximum atomic E-state index is 3.93. The van der Waals surface area contributed by atoms with Crippen LogP contribution in [0.25, 0.3) is 128 Å². The van der Waals surface area contributed by atoms with Crippen LogP contribution in [0.2, 0.25) is 0 Å². The van der Waals surface area contributed by atoms with Crippen molar-refractivity contribution in [2.45, 2.75) is 19.8 Å². The number of para-hydroxylation sites is 3. The molecule has 2 aliphatic rings. The molecule has 0 unspecified atom stereocenters. The zero-order chi connectivity index (χ0) is 60.0. The average molecular weight is 1200 g/mol. The van der Waals surface area contributed by atoms with Crippen molar-refractivity contribution in [1.29, 1.82) is 0 Å². The highest BCUT2D eigenvalue weighted by atomic mass is 32.1. The molecule has 428 valence electrons. The summed E-state index contributed by atoms with van der Waals surface area (Å²) < 4.78 is 9.99. The molecule has 0 saturated carbocycles. The summed E-state index contributed by atoms with van der Waals surface area (Å²) in [5.74, 6) is 0. The molecule has 13 aromatic carbocycles. The van der Waals surface area contributed by atoms with E-state index in [-0.39, 0.29) is 0 Å². The normalized spacial score (nSPS) is 12.9. The predicted octanol–water partition coefficient (Wildman–Crippen LogP) is 24.5. The van der Waals surface area contributed by atoms with Crippen LogP contribution >= 0.6 is 22.7 Å². The Morgan fingerprint density at radius 2 is 0.758 bits per heavy atom. The van der Waals surface area contributed by atoms with E-state index in [1.807, 2.05) is 34.8 Å². The SMILES string of the molecule is C=C/C=C\C=C(/C)n1c2ccccc2c2ccc(N(c3ccc4c(c3)-c3ccccc3C4)c3ccc4c(c3)sc3c4ccc4c3ccc3c5ccc(N(c6ccc7c(c6)-c6ccccc6C7)c6ccc7c8ccccc8n(-c8ccccc8)c7c6)cc5sc34)cc21. The number of allylic oxidation sites excluding steroid dienone is 5. The van der Waals surface area contributed by atoms with Crippen LogP contribution in [0.5, 0.6) is 0 Å². The summed E-state index contributed by atoms with van der Waals surface area (Å²) in [6, 6.07) is 98.3. The summed E-state index contributed by atoms with van der Waals surface area (Å²) in [7, 11) is 0. The lowest BCUT2D eigenvalue weighted by molar-refractivity contribution is 1.18. The highest BCUT2D eigenvalue weighted by Gasteiger charge is 2.26. The van der Waals surface area contributed by atoms with E-state index in [4.69, 9.17) is 0 Å². The van der Waals surface area contributed by atoms with Crippen molar-refractivity contribution in [2.75, 3.05) is 9.80 Å². The topological polar surface area (TPSA) is 16.3 Å². The first-order valence-electron chi connectivity index (χ1n) is 31.3. The number of hydrogen-bond donors (Lipinski definition) is 0. The van der Waals surface area contributed by atoms with Crippen LogP contribution in [0.15, 0.2) is 292 Å². The molecule has 0 fully saturated rings. The first-order valence-corrected chi connectivity index (χ1v) is 33.0. The highest BCUT2D eigenvalue weighted by molar-refractivity contribution is 7.28. The molecule has 0 saturated heterocycles. The van der Waals surface area contributed by atoms with Gasteiger partial charge in [0.25, 0.3) is 0 Å². The fraction of sp³-hybridized carbons (Fsp3) is 0.0353. The molecule has 0 amide bonds. The third kappa shape index (κ3) is 7.99. The van der Waals surface area contributed by atoms with E-state index in [1.165, 1.54) is 139 Å². The van der Waals surface area contributed by atoms with E-state index >= 15 is 0 Å². The van der Waals surface area contributed by atoms with Gasteiger partial charge in [0.15, 0.2) is 0 Å². The fourth-order valence-electron chi connectivity index (χ4n) is 15.3. The van der Waals surface area contributed by atoms with Gasteiger partial charge in [0.1, 0.15) is 0 Å². The Labute approximate surface area is 534 Å². The van der Waals surface area contributed by atoms with Crippen molar-refractivity contribution in [3.05, 3.63) is 314 Å². The smallest absolute Gasteiger partial charge is 0.0561 e. The summed E-state index contributed by atoms with van der Waals surface area (Å²) in [6.07, 6.45) is 9.97. The molecule has 2 aliphatic carbocycles. The first-order chi connectivity index (χ1) is 45.0. The van der Waals surface area contributed by atoms with Crippen LogP contribution in [0, 0.1) is 0 Å². The molecule has 0 atom stereocenters. The maximum absolute atomic E-state index is 3.93. The minimum atomic E-state index is 0.950. The molecular weight excluding hydrogens is 1140 g/mol. The second-order valence-corrected chi connectivity index (χ2v) is 26.5. The van der Waals surface area contributed by atoms with Gasteiger partial charge in [-0.05, 0) is 167 Å². The molecule has 4 nitrogen and oxygen atoms in total. The summed E-state index contributed by atoms with van der Waals surface area (Å²) in [5.41, 5.74) is 24.5. The summed E-state index contributed by atoms with van der Waals surface area (Å²) >= 11 is 3.83. The Morgan fingerprint density at radius 3 is 1.33 bits per heavy atom. The van der Waals surface area contributed by atoms with Crippen molar-refractivity contribution in [3.8, 4) is 27.9 Å². The minimum Gasteiger partial charge on any atom is -0.313 e. The van der Waals surface area contributed by atoms with Gasteiger partial charge in [-0.25, -0.2) is 0 Å². The number of benzene rings is 13. The first kappa shape index (κ1) is 52.0. The van der Waals surface area contributed by atoms with Gasteiger partial charge in [0, 0.05) is 118 Å². The Hall–Kier alpha value is -11.0. The molecule has 17 aromatic rings. The Balaban J connectivity index is 0.754. The largest absolute Gasteiger partial charge is 0.313 e. The van der Waals surface area contributed by atoms with Crippen molar-refractivity contribution in [2.24, 2.45) is 0 Å². The average Bonchev–Trinajstić information content (AvgIpc) is 1.65. The number of aromatic nitrogens is 2. The number of thiophene rings is 2. The molecular formula is C85H56N4S2. The van der Waals surface area contributed by atoms with Gasteiger partial charge in [0.05, 0.1) is 22.1 Å². The highest BCUT2D eigenvalue weighted by Crippen LogP contribution is 2.51. The molecule has 6 heteroatoms. The standard InChI is InChI=1S/C85H56N4S2/c1-3-4-6-17-52(2)86-78-26-15-13-24-66(78)68-36-32-60(48-80(68)86)87(58-30-28-55-44-53-18-9-11-22-64(53)76(55)46-58)62-34-38-70-72-40-42-75-74(84(72)90-82(70)50-62)43-41-73-71-39-35-63(51-83(71)91-85(73)75)88(59-31-29-56-45-54-19-10-12-23-65(54)77(56)47-59)61-33-37-69-67-25-14-16-27-79(67)89(81(69)49-61)57-20-7-5-8-21-57/h3-43,46-51H,1,44-45H2,2H3/b6-4-,52-17+. The van der Waals surface area contributed by atoms with E-state index in [0.717, 1.165) is 58.4 Å². The number of anilines is 6. The van der Waals surface area contributed by atoms with Crippen LogP contribution in [0.1, 0.15) is 29.2 Å². The Bertz CT molecular complexity index is 6020. The summed E-state index contributed by atoms with van der Waals surface area (Å²) in [5, 5.41) is 12.7. The predicted molar refractivity (Wildman–Crippen MR) is 392 cm³/mol. The molecule has 4 aromatic heterocycles. The van der Waals surface area contributed by atoms with Crippen LogP contribution in [0.4, 0.5) is 34.1 Å². The summed E-state index contributed by atoms with van der Waals surface area (Å²) in [6.45, 7) is 6.12. The Kier molecular flexibility index (Phi) is 11.6. The fourth-order valence-corrected chi connectivity index (χ4v) is 17.8. The maximum Gasteiger partial charge on any atom is 0.0561 e. The molecule has 0 N–H and O–H groups in total. The minimum absolute atomic E-state index is 0.950. The van der Waals surface area contributed by atoms with Crippen LogP contribution < -0.4 is 9.80 Å². The lowest BCUT2D eigenvalue weighted by atomic mass is 10.0. The molecule has 0 spiro atoms. The van der Waals surface area contributed by atoms with E-state index in [0.29, 0.717) is 0 Å². The van der Waals surface area contributed by atoms with Gasteiger partial charge >= 0.3 is 0 Å². The van der Waals surface area contributed by atoms with Gasteiger partial charge in [-0.2, -0.15) is 0 Å². The third-order valence-corrected chi connectivity index (χ3v) is 21.8. The van der Waals surface area contributed by atoms with Gasteiger partial charge in [-0.1, -0.05) is 189 Å². The quantitative estimate of drug-likeness (QED) is 0.127. The monoisotopic (exact) mass is 1200 g/mol. The van der Waals surface area contributed by atoms with E-state index in [9.17, 15) is 0 Å². The number of fused-ring (bicyclic) bond motifs is 21. The number of nitrogens with zero attached hydrogens (tertiary/aromatic N) is 4. The Morgan fingerprint density at radius 1 is 0.352 bits per heavy atom. The second kappa shape index (κ2) is 20.3. The second-order valence-electron chi connectivity index (χ2n) is 24.4. The number of rotatable bonds is 10. The molecule has 0 bridgehead atoms. The lowest BCUT2D eigenvalue weighted by Crippen LogP contribution is -2.10. The number of hydrogen-bond acceptors (Lipinski definition) is 4. The van der Waals surface area contributed by atoms with Crippen molar-refractivity contribution in [1.82, 2.24) is 9.13 Å².